The second-order valence-corrected chi connectivity index (χ2v) is 38.7. The van der Waals surface area contributed by atoms with E-state index in [4.69, 9.17) is 183 Å². The summed E-state index contributed by atoms with van der Waals surface area (Å²) in [6, 6.07) is -8.49. The lowest BCUT2D eigenvalue weighted by Crippen LogP contribution is -2.64. The first kappa shape index (κ1) is 116. The number of hydrogen-bond donors (Lipinski definition) is 36. The molecule has 0 bridgehead atoms. The normalized spacial score (nSPS) is 48.6. The molecule has 53 N–H and O–H groups in total. The van der Waals surface area contributed by atoms with E-state index in [1.807, 2.05) is 0 Å². The molecular formula is C82H158N18O39. The van der Waals surface area contributed by atoms with Crippen LogP contribution in [0.25, 0.3) is 0 Å². The van der Waals surface area contributed by atoms with Crippen LogP contribution < -0.4 is 97.5 Å². The molecule has 0 aromatic rings. The van der Waals surface area contributed by atoms with Gasteiger partial charge in [-0.1, -0.05) is 0 Å². The number of ether oxygens (including phenoxy) is 18. The van der Waals surface area contributed by atoms with Crippen molar-refractivity contribution in [1.29, 1.82) is 0 Å². The number of Topliss-reactive ketones (excluding diaryl/α,β-unsaturated/α-hetero) is 1. The van der Waals surface area contributed by atoms with Crippen LogP contribution in [-0.4, -0.2) is 505 Å². The number of carbonyl (C=O) groups is 2. The highest BCUT2D eigenvalue weighted by atomic mass is 16.8. The summed E-state index contributed by atoms with van der Waals surface area (Å²) < 4.78 is 107. The third-order valence-corrected chi connectivity index (χ3v) is 28.8. The SMILES string of the molecule is NCCN(O)C(=O)C[C@@H]1C[C@H](N)[C@@H](O[C@H]2O[C@H](CN)CC[C@H]2N)[C@H](O[C@@H]2O[C@H](CO)[C@@H](O[C@H]3O[C@@H](CN)[C@@H](O)[C@H](O)[C@H]3N)[C@H]2O)[C@H]1O.NC[C@@H]1CC[C@@H](N)[C@@H](O[C@H]2[C@H](O[C@@H]3O[C@H](CO)[C@@H](O[C@H]4O[C@@H](CN)[C@@H](O)[C@H](O)[C@H]4N)[C@H]3O)[C@@H](O)[C@H](CC(=O)C3(O)CC3N)C[C@@H]2N)O1.NC[C@@H]1CC[C@@H](N)[C@@H](O[C@H]2[C@H](O[C@@H]3O[C@H](CO)[C@@H](O[C@H]4O[C@@H](CN)[C@@H](O)[C@H](O)[C@H]4N)[C@H]3O)[C@@H](O)[C@H](CC(CO)CO)C[C@@H]2N)O1. The number of nitrogens with zero attached hydrogens (tertiary/aromatic N) is 1. The molecule has 810 valence electrons. The third kappa shape index (κ3) is 27.2. The molecule has 13 fully saturated rings. The molecule has 53 atom stereocenters. The standard InChI is InChI=1S/C28H52N6O13.C27H53N7O13.C27H53N5O13/c29-6-10-1-2-11(31)25(42-10)45-22-12(32)3-9(4-16(36)28(41)5-15(28)33)18(37)24(22)47-27-21(40)23(14(8-35)44-27)46-26-17(34)20(39)19(38)13(7-30)43-26;28-3-4-34(41)16(36)6-10-5-13(32)22(45-25-12(31)2-1-11(7-29)42-25)24(18(10)37)47-27-21(40)23(15(9-35)44-27)46-26-17(33)20(39)19(38)14(8-30)43-26;28-5-12-1-2-13(30)25(40-12)43-22-14(31)4-11(3-10(7-33)8-34)18(36)24(22)45-27-21(39)23(16(9-35)42-27)44-26-17(32)20(38)19(37)15(6-29)41-26/h9-15,17-27,35,37-41H,1-8,29-34H2;10-15,17-27,35,37-41H,1-9,28-33H2;10-27,33-39H,1-9,28-32H2/t9-,10-,11+,12-,13-,14+,15?,17+,18-,19+,20+,21+,22+,23+,24+,25+,26+,27-,28?;10-,11-,12+,13-,14-,15+,17+,18-,19+,20+,21+,22+,23+,24+,25+,26+,27-;11-,12+,13-,14+,15+,16-,17-,18+,19-,20-,21-,22-,23-,24-,25-,26-,27+/m001/s1. The van der Waals surface area contributed by atoms with E-state index in [0.717, 1.165) is 0 Å². The molecule has 9 heterocycles. The quantitative estimate of drug-likeness (QED) is 0.0202. The third-order valence-electron chi connectivity index (χ3n) is 28.8. The lowest BCUT2D eigenvalue weighted by Gasteiger charge is -2.47. The number of nitrogens with two attached hydrogens (primary N) is 17. The van der Waals surface area contributed by atoms with Crippen LogP contribution in [0.2, 0.25) is 0 Å². The number of ketones is 1. The van der Waals surface area contributed by atoms with Crippen LogP contribution in [0.3, 0.4) is 0 Å². The smallest absolute Gasteiger partial charge is 0.246 e. The van der Waals surface area contributed by atoms with E-state index in [2.05, 4.69) is 0 Å². The van der Waals surface area contributed by atoms with Crippen LogP contribution in [0.1, 0.15) is 83.5 Å². The van der Waals surface area contributed by atoms with Crippen LogP contribution in [0.4, 0.5) is 0 Å². The van der Waals surface area contributed by atoms with E-state index in [1.165, 1.54) is 0 Å². The van der Waals surface area contributed by atoms with Crippen LogP contribution in [0.15, 0.2) is 0 Å². The summed E-state index contributed by atoms with van der Waals surface area (Å²) in [6.45, 7) is -2.45. The summed E-state index contributed by atoms with van der Waals surface area (Å²) in [4.78, 5) is 25.6. The van der Waals surface area contributed by atoms with Crippen molar-refractivity contribution in [3.8, 4) is 0 Å². The van der Waals surface area contributed by atoms with E-state index in [9.17, 15) is 107 Å². The van der Waals surface area contributed by atoms with Crippen molar-refractivity contribution in [1.82, 2.24) is 5.06 Å². The first-order valence-electron chi connectivity index (χ1n) is 47.8. The Kier molecular flexibility index (Phi) is 43.8. The predicted molar refractivity (Wildman–Crippen MR) is 470 cm³/mol. The van der Waals surface area contributed by atoms with Gasteiger partial charge in [0.1, 0.15) is 152 Å². The van der Waals surface area contributed by atoms with Crippen molar-refractivity contribution in [2.45, 2.75) is 389 Å². The molecule has 1 amide bonds. The lowest BCUT2D eigenvalue weighted by atomic mass is 9.75. The lowest BCUT2D eigenvalue weighted by molar-refractivity contribution is -0.292. The van der Waals surface area contributed by atoms with E-state index in [1.54, 1.807) is 0 Å². The van der Waals surface area contributed by atoms with Crippen LogP contribution in [0, 0.1) is 23.7 Å². The monoisotopic (exact) mass is 2020 g/mol. The molecule has 9 saturated heterocycles. The van der Waals surface area contributed by atoms with Crippen LogP contribution in [-0.2, 0) is 94.9 Å². The van der Waals surface area contributed by atoms with Gasteiger partial charge >= 0.3 is 0 Å². The maximum absolute atomic E-state index is 12.9. The molecule has 13 aliphatic rings. The van der Waals surface area contributed by atoms with Gasteiger partial charge in [-0.25, -0.2) is 5.06 Å². The van der Waals surface area contributed by atoms with Crippen molar-refractivity contribution < 1.29 is 192 Å². The first-order valence-corrected chi connectivity index (χ1v) is 47.8. The van der Waals surface area contributed by atoms with Gasteiger partial charge < -0.3 is 275 Å². The topological polar surface area (TPSA) is 1030 Å². The number of amides is 1. The Morgan fingerprint density at radius 3 is 0.885 bits per heavy atom. The zero-order chi connectivity index (χ0) is 102. The van der Waals surface area contributed by atoms with E-state index < -0.39 is 343 Å². The molecule has 0 aromatic heterocycles. The van der Waals surface area contributed by atoms with Gasteiger partial charge in [-0.2, -0.15) is 0 Å². The van der Waals surface area contributed by atoms with Gasteiger partial charge in [-0.05, 0) is 82.0 Å². The Balaban J connectivity index is 0.000000200. The summed E-state index contributed by atoms with van der Waals surface area (Å²) in [6.07, 6.45) is -43.8. The van der Waals surface area contributed by atoms with Gasteiger partial charge in [0, 0.05) is 108 Å². The highest BCUT2D eigenvalue weighted by molar-refractivity contribution is 5.91. The molecule has 4 aliphatic carbocycles. The fraction of sp³-hybridized carbons (Fsp3) is 0.976. The minimum absolute atomic E-state index is 0.0114. The summed E-state index contributed by atoms with van der Waals surface area (Å²) in [7, 11) is 0. The molecular weight excluding hydrogens is 1860 g/mol. The second kappa shape index (κ2) is 52.4. The molecule has 13 rings (SSSR count). The average molecular weight is 2020 g/mol. The van der Waals surface area contributed by atoms with Crippen molar-refractivity contribution in [2.24, 2.45) is 121 Å². The van der Waals surface area contributed by atoms with Gasteiger partial charge in [-0.3, -0.25) is 14.8 Å². The first-order chi connectivity index (χ1) is 66.0. The Labute approximate surface area is 801 Å². The number of aliphatic hydroxyl groups is 18. The van der Waals surface area contributed by atoms with Gasteiger partial charge in [0.2, 0.25) is 5.91 Å². The number of carbonyl (C=O) groups excluding carboxylic acids is 2. The van der Waals surface area contributed by atoms with Gasteiger partial charge in [-0.15, -0.1) is 0 Å². The fourth-order valence-electron chi connectivity index (χ4n) is 20.0. The van der Waals surface area contributed by atoms with Gasteiger partial charge in [0.15, 0.2) is 62.4 Å². The number of hydroxylamine groups is 2. The maximum atomic E-state index is 12.9. The summed E-state index contributed by atoms with van der Waals surface area (Å²) in [5.41, 5.74) is 100. The Bertz CT molecular complexity index is 3670. The summed E-state index contributed by atoms with van der Waals surface area (Å²) >= 11 is 0. The van der Waals surface area contributed by atoms with E-state index in [-0.39, 0.29) is 129 Å². The molecule has 57 heteroatoms. The van der Waals surface area contributed by atoms with E-state index in [0.29, 0.717) is 43.6 Å². The molecule has 2 unspecified atom stereocenters. The Morgan fingerprint density at radius 1 is 0.324 bits per heavy atom. The number of rotatable bonds is 38. The average Bonchev–Trinajstić information content (AvgIpc) is 1.59. The molecule has 4 saturated carbocycles. The minimum atomic E-state index is -1.67. The van der Waals surface area contributed by atoms with Crippen molar-refractivity contribution >= 4 is 11.7 Å². The fourth-order valence-corrected chi connectivity index (χ4v) is 20.0. The van der Waals surface area contributed by atoms with E-state index >= 15 is 0 Å². The number of aliphatic hydroxyl groups excluding tert-OH is 17. The molecule has 139 heavy (non-hydrogen) atoms. The highest BCUT2D eigenvalue weighted by Gasteiger charge is 2.62. The Hall–Kier alpha value is -3.02. The van der Waals surface area contributed by atoms with Gasteiger partial charge in [0.05, 0.1) is 99.2 Å². The molecule has 57 nitrogen and oxygen atoms in total. The molecule has 0 aromatic carbocycles. The largest absolute Gasteiger partial charge is 0.396 e. The van der Waals surface area contributed by atoms with Crippen molar-refractivity contribution in [3.05, 3.63) is 0 Å². The summed E-state index contributed by atoms with van der Waals surface area (Å²) in [5.74, 6) is -3.94. The number of hydrogen-bond acceptors (Lipinski definition) is 56. The van der Waals surface area contributed by atoms with Crippen LogP contribution in [0.5, 0.6) is 0 Å². The zero-order valence-electron chi connectivity index (χ0n) is 77.4. The predicted octanol–water partition coefficient (Wildman–Crippen LogP) is -20.7. The highest BCUT2D eigenvalue weighted by Crippen LogP contribution is 2.45. The maximum Gasteiger partial charge on any atom is 0.246 e. The minimum Gasteiger partial charge on any atom is -0.396 e. The van der Waals surface area contributed by atoms with Crippen LogP contribution >= 0.6 is 0 Å². The summed E-state index contributed by atoms with van der Waals surface area (Å²) in [5, 5.41) is 201. The zero-order valence-corrected chi connectivity index (χ0v) is 77.4. The molecule has 0 radical (unpaired) electrons. The van der Waals surface area contributed by atoms with Gasteiger partial charge in [0.25, 0.3) is 0 Å². The molecule has 0 spiro atoms. The molecule has 9 aliphatic heterocycles. The van der Waals surface area contributed by atoms with Crippen molar-refractivity contribution in [3.63, 3.8) is 0 Å². The van der Waals surface area contributed by atoms with Crippen molar-refractivity contribution in [2.75, 3.05) is 85.4 Å². The Morgan fingerprint density at radius 2 is 0.604 bits per heavy atom. The second-order valence-electron chi connectivity index (χ2n) is 38.7.